The minimum absolute atomic E-state index is 0.256. The largest absolute Gasteiger partial charge is 0.388 e. The van der Waals surface area contributed by atoms with Crippen LogP contribution in [0.1, 0.15) is 30.9 Å². The maximum absolute atomic E-state index is 7.67. The van der Waals surface area contributed by atoms with E-state index in [-0.39, 0.29) is 11.9 Å². The van der Waals surface area contributed by atoms with Gasteiger partial charge in [0, 0.05) is 45.2 Å². The van der Waals surface area contributed by atoms with Gasteiger partial charge in [-0.1, -0.05) is 30.3 Å². The van der Waals surface area contributed by atoms with Crippen molar-refractivity contribution in [2.75, 3.05) is 32.7 Å². The van der Waals surface area contributed by atoms with E-state index in [9.17, 15) is 0 Å². The van der Waals surface area contributed by atoms with Gasteiger partial charge in [-0.05, 0) is 24.3 Å². The Kier molecular flexibility index (Phi) is 4.56. The Bertz CT molecular complexity index is 461. The van der Waals surface area contributed by atoms with Crippen LogP contribution >= 0.6 is 0 Å². The lowest BCUT2D eigenvalue weighted by atomic mass is 10.0. The quantitative estimate of drug-likeness (QED) is 0.622. The summed E-state index contributed by atoms with van der Waals surface area (Å²) in [5.74, 6) is 1.25. The Hall–Kier alpha value is -1.39. The zero-order chi connectivity index (χ0) is 14.7. The highest BCUT2D eigenvalue weighted by Gasteiger charge is 2.29. The summed E-state index contributed by atoms with van der Waals surface area (Å²) in [6.07, 6.45) is 3.49. The molecule has 21 heavy (non-hydrogen) atoms. The van der Waals surface area contributed by atoms with Crippen LogP contribution < -0.4 is 5.73 Å². The summed E-state index contributed by atoms with van der Waals surface area (Å²) in [7, 11) is 0. The summed E-state index contributed by atoms with van der Waals surface area (Å²) < 4.78 is 0. The van der Waals surface area contributed by atoms with Gasteiger partial charge < -0.3 is 10.6 Å². The van der Waals surface area contributed by atoms with Gasteiger partial charge in [-0.2, -0.15) is 0 Å². The molecule has 1 atom stereocenters. The van der Waals surface area contributed by atoms with E-state index in [2.05, 4.69) is 34.1 Å². The average Bonchev–Trinajstić information content (AvgIpc) is 3.30. The van der Waals surface area contributed by atoms with Gasteiger partial charge >= 0.3 is 0 Å². The van der Waals surface area contributed by atoms with Gasteiger partial charge in [0.05, 0.1) is 5.84 Å². The fourth-order valence-corrected chi connectivity index (χ4v) is 3.26. The van der Waals surface area contributed by atoms with Crippen molar-refractivity contribution in [2.24, 2.45) is 11.7 Å². The Morgan fingerprint density at radius 2 is 1.81 bits per heavy atom. The van der Waals surface area contributed by atoms with Gasteiger partial charge in [-0.25, -0.2) is 0 Å². The zero-order valence-corrected chi connectivity index (χ0v) is 12.7. The van der Waals surface area contributed by atoms with Crippen LogP contribution in [0, 0.1) is 11.3 Å². The highest BCUT2D eigenvalue weighted by molar-refractivity contribution is 5.77. The molecule has 0 bridgehead atoms. The second-order valence-electron chi connectivity index (χ2n) is 6.44. The van der Waals surface area contributed by atoms with E-state index >= 15 is 0 Å². The summed E-state index contributed by atoms with van der Waals surface area (Å²) in [5.41, 5.74) is 6.97. The van der Waals surface area contributed by atoms with Crippen molar-refractivity contribution in [3.05, 3.63) is 35.9 Å². The highest BCUT2D eigenvalue weighted by Crippen LogP contribution is 2.31. The van der Waals surface area contributed by atoms with Gasteiger partial charge in [0.25, 0.3) is 0 Å². The third-order valence-corrected chi connectivity index (χ3v) is 4.66. The average molecular weight is 286 g/mol. The Morgan fingerprint density at radius 3 is 2.38 bits per heavy atom. The molecule has 114 valence electrons. The lowest BCUT2D eigenvalue weighted by Crippen LogP contribution is -2.48. The van der Waals surface area contributed by atoms with E-state index in [0.29, 0.717) is 6.42 Å². The van der Waals surface area contributed by atoms with Crippen molar-refractivity contribution >= 4 is 5.84 Å². The molecule has 4 heteroatoms. The predicted octanol–water partition coefficient (Wildman–Crippen LogP) is 2.08. The van der Waals surface area contributed by atoms with Gasteiger partial charge in [-0.3, -0.25) is 10.3 Å². The van der Waals surface area contributed by atoms with Crippen molar-refractivity contribution < 1.29 is 0 Å². The SMILES string of the molecule is N=C(N)CC(c1ccccc1)N1CCN(CC2CC2)CC1. The van der Waals surface area contributed by atoms with Crippen LogP contribution in [0.5, 0.6) is 0 Å². The van der Waals surface area contributed by atoms with Crippen LogP contribution in [-0.4, -0.2) is 48.4 Å². The molecule has 1 aliphatic carbocycles. The maximum Gasteiger partial charge on any atom is 0.0924 e. The summed E-state index contributed by atoms with van der Waals surface area (Å²) in [6.45, 7) is 5.76. The van der Waals surface area contributed by atoms with Crippen molar-refractivity contribution in [2.45, 2.75) is 25.3 Å². The number of nitrogens with two attached hydrogens (primary N) is 1. The molecule has 2 aliphatic rings. The van der Waals surface area contributed by atoms with Gasteiger partial charge in [0.15, 0.2) is 0 Å². The Balaban J connectivity index is 1.62. The lowest BCUT2D eigenvalue weighted by molar-refractivity contribution is 0.0950. The summed E-state index contributed by atoms with van der Waals surface area (Å²) in [5, 5.41) is 7.67. The number of rotatable bonds is 6. The minimum atomic E-state index is 0.256. The first-order chi connectivity index (χ1) is 10.2. The number of amidine groups is 1. The number of piperazine rings is 1. The fourth-order valence-electron chi connectivity index (χ4n) is 3.26. The van der Waals surface area contributed by atoms with E-state index in [1.165, 1.54) is 24.9 Å². The Morgan fingerprint density at radius 1 is 1.14 bits per heavy atom. The summed E-state index contributed by atoms with van der Waals surface area (Å²) in [4.78, 5) is 5.10. The van der Waals surface area contributed by atoms with E-state index in [4.69, 9.17) is 11.1 Å². The summed E-state index contributed by atoms with van der Waals surface area (Å²) >= 11 is 0. The third-order valence-electron chi connectivity index (χ3n) is 4.66. The standard InChI is InChI=1S/C17H26N4/c18-17(19)12-16(15-4-2-1-3-5-15)21-10-8-20(9-11-21)13-14-6-7-14/h1-5,14,16H,6-13H2,(H3,18,19). The molecule has 2 fully saturated rings. The Labute approximate surface area is 127 Å². The highest BCUT2D eigenvalue weighted by atomic mass is 15.3. The number of hydrogen-bond acceptors (Lipinski definition) is 3. The van der Waals surface area contributed by atoms with Crippen LogP contribution in [0.25, 0.3) is 0 Å². The monoisotopic (exact) mass is 286 g/mol. The van der Waals surface area contributed by atoms with E-state index in [0.717, 1.165) is 32.1 Å². The molecule has 1 aliphatic heterocycles. The van der Waals surface area contributed by atoms with Crippen molar-refractivity contribution in [1.82, 2.24) is 9.80 Å². The second kappa shape index (κ2) is 6.58. The number of benzene rings is 1. The van der Waals surface area contributed by atoms with Gasteiger partial charge in [0.2, 0.25) is 0 Å². The van der Waals surface area contributed by atoms with E-state index < -0.39 is 0 Å². The molecule has 1 heterocycles. The zero-order valence-electron chi connectivity index (χ0n) is 12.7. The van der Waals surface area contributed by atoms with Crippen LogP contribution in [0.4, 0.5) is 0 Å². The van der Waals surface area contributed by atoms with Crippen molar-refractivity contribution in [3.63, 3.8) is 0 Å². The number of hydrogen-bond donors (Lipinski definition) is 2. The molecule has 4 nitrogen and oxygen atoms in total. The second-order valence-corrected chi connectivity index (χ2v) is 6.44. The predicted molar refractivity (Wildman–Crippen MR) is 86.5 cm³/mol. The molecule has 0 radical (unpaired) electrons. The first kappa shape index (κ1) is 14.5. The molecule has 0 spiro atoms. The molecule has 1 saturated heterocycles. The van der Waals surface area contributed by atoms with Crippen LogP contribution in [0.2, 0.25) is 0 Å². The number of nitrogens with zero attached hydrogens (tertiary/aromatic N) is 2. The van der Waals surface area contributed by atoms with Crippen molar-refractivity contribution in [3.8, 4) is 0 Å². The normalized spacial score (nSPS) is 22.1. The maximum atomic E-state index is 7.67. The molecule has 0 aromatic heterocycles. The molecule has 3 N–H and O–H groups in total. The molecule has 3 rings (SSSR count). The number of nitrogens with one attached hydrogen (secondary N) is 1. The topological polar surface area (TPSA) is 56.4 Å². The summed E-state index contributed by atoms with van der Waals surface area (Å²) in [6, 6.07) is 10.8. The van der Waals surface area contributed by atoms with Gasteiger partial charge in [0.1, 0.15) is 0 Å². The first-order valence-electron chi connectivity index (χ1n) is 8.06. The van der Waals surface area contributed by atoms with E-state index in [1.54, 1.807) is 0 Å². The van der Waals surface area contributed by atoms with Crippen LogP contribution in [-0.2, 0) is 0 Å². The molecule has 1 unspecified atom stereocenters. The van der Waals surface area contributed by atoms with E-state index in [1.807, 2.05) is 6.07 Å². The lowest BCUT2D eigenvalue weighted by Gasteiger charge is -2.39. The van der Waals surface area contributed by atoms with Crippen LogP contribution in [0.15, 0.2) is 30.3 Å². The third kappa shape index (κ3) is 4.05. The first-order valence-corrected chi connectivity index (χ1v) is 8.06. The van der Waals surface area contributed by atoms with Crippen LogP contribution in [0.3, 0.4) is 0 Å². The molecule has 0 amide bonds. The molecule has 1 aromatic carbocycles. The molecule has 1 saturated carbocycles. The minimum Gasteiger partial charge on any atom is -0.388 e. The van der Waals surface area contributed by atoms with Crippen molar-refractivity contribution in [1.29, 1.82) is 5.41 Å². The molecular formula is C17H26N4. The smallest absolute Gasteiger partial charge is 0.0924 e. The fraction of sp³-hybridized carbons (Fsp3) is 0.588. The molecular weight excluding hydrogens is 260 g/mol. The molecule has 1 aromatic rings. The van der Waals surface area contributed by atoms with Gasteiger partial charge in [-0.15, -0.1) is 0 Å².